The summed E-state index contributed by atoms with van der Waals surface area (Å²) in [5.41, 5.74) is -0.196. The minimum Gasteiger partial charge on any atom is -0.305 e. The van der Waals surface area contributed by atoms with Crippen molar-refractivity contribution in [1.29, 1.82) is 0 Å². The summed E-state index contributed by atoms with van der Waals surface area (Å²) in [7, 11) is 0. The second kappa shape index (κ2) is 5.46. The molecule has 1 saturated heterocycles. The lowest BCUT2D eigenvalue weighted by molar-refractivity contribution is -0.197. The normalized spacial score (nSPS) is 15.9. The van der Waals surface area contributed by atoms with Gasteiger partial charge in [0.2, 0.25) is 0 Å². The van der Waals surface area contributed by atoms with E-state index in [0.717, 1.165) is 17.3 Å². The summed E-state index contributed by atoms with van der Waals surface area (Å²) < 4.78 is 2.13. The molecule has 1 amide bonds. The van der Waals surface area contributed by atoms with Gasteiger partial charge in [0.15, 0.2) is 0 Å². The van der Waals surface area contributed by atoms with Crippen molar-refractivity contribution in [1.82, 2.24) is 9.63 Å². The average molecular weight is 301 g/mol. The van der Waals surface area contributed by atoms with Crippen molar-refractivity contribution in [3.63, 3.8) is 0 Å². The maximum absolute atomic E-state index is 11.9. The molecule has 2 rings (SSSR count). The summed E-state index contributed by atoms with van der Waals surface area (Å²) in [6.45, 7) is 1.18. The molecule has 0 bridgehead atoms. The second-order valence-electron chi connectivity index (χ2n) is 3.85. The number of pyridine rings is 1. The second-order valence-corrected chi connectivity index (χ2v) is 4.77. The topological polar surface area (TPSA) is 51.5 Å². The number of carbonyl (C=O) groups excluding carboxylic acids is 1. The fraction of sp³-hybridized carbons (Fsp3) is 0.455. The molecule has 92 valence electrons. The summed E-state index contributed by atoms with van der Waals surface area (Å²) in [5.74, 6) is -0.190. The Morgan fingerprint density at radius 3 is 2.94 bits per heavy atom. The summed E-state index contributed by atoms with van der Waals surface area (Å²) in [6, 6.07) is 3.08. The molecule has 6 heteroatoms. The predicted molar refractivity (Wildman–Crippen MR) is 65.3 cm³/mol. The summed E-state index contributed by atoms with van der Waals surface area (Å²) >= 11 is 3.27. The SMILES string of the molecule is O=C(Cn1cc(Br)ccc1=O)N1CCCCO1. The van der Waals surface area contributed by atoms with Crippen LogP contribution in [0.15, 0.2) is 27.6 Å². The number of hydrogen-bond donors (Lipinski definition) is 0. The van der Waals surface area contributed by atoms with Crippen LogP contribution in [0.5, 0.6) is 0 Å². The van der Waals surface area contributed by atoms with Crippen LogP contribution in [0.3, 0.4) is 0 Å². The molecular weight excluding hydrogens is 288 g/mol. The first-order valence-corrected chi connectivity index (χ1v) is 6.25. The van der Waals surface area contributed by atoms with E-state index >= 15 is 0 Å². The van der Waals surface area contributed by atoms with Crippen molar-refractivity contribution in [3.8, 4) is 0 Å². The van der Waals surface area contributed by atoms with Gasteiger partial charge in [-0.1, -0.05) is 0 Å². The highest BCUT2D eigenvalue weighted by Crippen LogP contribution is 2.08. The van der Waals surface area contributed by atoms with Gasteiger partial charge in [0, 0.05) is 23.3 Å². The third kappa shape index (κ3) is 3.17. The smallest absolute Gasteiger partial charge is 0.266 e. The van der Waals surface area contributed by atoms with Crippen molar-refractivity contribution in [2.24, 2.45) is 0 Å². The molecule has 0 atom stereocenters. The van der Waals surface area contributed by atoms with E-state index in [2.05, 4.69) is 15.9 Å². The largest absolute Gasteiger partial charge is 0.305 e. The number of rotatable bonds is 2. The van der Waals surface area contributed by atoms with Crippen molar-refractivity contribution < 1.29 is 9.63 Å². The highest BCUT2D eigenvalue weighted by Gasteiger charge is 2.18. The number of aromatic nitrogens is 1. The summed E-state index contributed by atoms with van der Waals surface area (Å²) in [6.07, 6.45) is 3.52. The van der Waals surface area contributed by atoms with Gasteiger partial charge in [-0.05, 0) is 34.8 Å². The van der Waals surface area contributed by atoms with Gasteiger partial charge in [-0.25, -0.2) is 5.06 Å². The van der Waals surface area contributed by atoms with E-state index in [1.54, 1.807) is 12.3 Å². The molecule has 1 aromatic rings. The monoisotopic (exact) mass is 300 g/mol. The lowest BCUT2D eigenvalue weighted by Gasteiger charge is -2.26. The van der Waals surface area contributed by atoms with Crippen LogP contribution < -0.4 is 5.56 Å². The molecule has 1 aromatic heterocycles. The van der Waals surface area contributed by atoms with E-state index in [1.165, 1.54) is 15.7 Å². The number of carbonyl (C=O) groups is 1. The molecule has 17 heavy (non-hydrogen) atoms. The highest BCUT2D eigenvalue weighted by atomic mass is 79.9. The van der Waals surface area contributed by atoms with Gasteiger partial charge >= 0.3 is 0 Å². The predicted octanol–water partition coefficient (Wildman–Crippen LogP) is 1.16. The van der Waals surface area contributed by atoms with Crippen LogP contribution in [-0.2, 0) is 16.2 Å². The van der Waals surface area contributed by atoms with Crippen LogP contribution in [0.1, 0.15) is 12.8 Å². The van der Waals surface area contributed by atoms with Gasteiger partial charge < -0.3 is 4.57 Å². The average Bonchev–Trinajstić information content (AvgIpc) is 2.35. The van der Waals surface area contributed by atoms with Crippen LogP contribution in [0, 0.1) is 0 Å². The van der Waals surface area contributed by atoms with Gasteiger partial charge in [-0.2, -0.15) is 0 Å². The van der Waals surface area contributed by atoms with E-state index in [0.29, 0.717) is 13.2 Å². The molecule has 0 N–H and O–H groups in total. The maximum Gasteiger partial charge on any atom is 0.266 e. The number of nitrogens with zero attached hydrogens (tertiary/aromatic N) is 2. The first kappa shape index (κ1) is 12.3. The summed E-state index contributed by atoms with van der Waals surface area (Å²) in [4.78, 5) is 28.6. The minimum atomic E-state index is -0.196. The Morgan fingerprint density at radius 2 is 2.24 bits per heavy atom. The molecule has 0 spiro atoms. The van der Waals surface area contributed by atoms with Crippen molar-refractivity contribution in [3.05, 3.63) is 33.2 Å². The van der Waals surface area contributed by atoms with Gasteiger partial charge in [-0.3, -0.25) is 14.4 Å². The van der Waals surface area contributed by atoms with Crippen molar-refractivity contribution in [2.45, 2.75) is 19.4 Å². The molecule has 0 aliphatic carbocycles. The van der Waals surface area contributed by atoms with Gasteiger partial charge in [0.05, 0.1) is 6.61 Å². The Hall–Kier alpha value is -1.14. The Kier molecular flexibility index (Phi) is 3.96. The van der Waals surface area contributed by atoms with E-state index in [1.807, 2.05) is 0 Å². The van der Waals surface area contributed by atoms with Crippen molar-refractivity contribution >= 4 is 21.8 Å². The lowest BCUT2D eigenvalue weighted by atomic mass is 10.3. The fourth-order valence-electron chi connectivity index (χ4n) is 1.64. The zero-order chi connectivity index (χ0) is 12.3. The van der Waals surface area contributed by atoms with E-state index in [4.69, 9.17) is 4.84 Å². The molecule has 0 aromatic carbocycles. The van der Waals surface area contributed by atoms with Gasteiger partial charge in [-0.15, -0.1) is 0 Å². The van der Waals surface area contributed by atoms with Gasteiger partial charge in [0.25, 0.3) is 11.5 Å². The first-order chi connectivity index (χ1) is 8.16. The molecule has 0 unspecified atom stereocenters. The highest BCUT2D eigenvalue weighted by molar-refractivity contribution is 9.10. The van der Waals surface area contributed by atoms with Crippen molar-refractivity contribution in [2.75, 3.05) is 13.2 Å². The third-order valence-electron chi connectivity index (χ3n) is 2.53. The fourth-order valence-corrected chi connectivity index (χ4v) is 2.02. The number of amides is 1. The lowest BCUT2D eigenvalue weighted by Crippen LogP contribution is -2.39. The Balaban J connectivity index is 2.07. The molecule has 2 heterocycles. The Morgan fingerprint density at radius 1 is 1.41 bits per heavy atom. The minimum absolute atomic E-state index is 0.0122. The molecule has 5 nitrogen and oxygen atoms in total. The quantitative estimate of drug-likeness (QED) is 0.824. The Labute approximate surface area is 107 Å². The molecule has 1 aliphatic heterocycles. The number of hydroxylamine groups is 2. The Bertz CT molecular complexity index is 466. The number of halogens is 1. The van der Waals surface area contributed by atoms with Crippen LogP contribution in [0.25, 0.3) is 0 Å². The molecule has 1 fully saturated rings. The molecule has 0 radical (unpaired) electrons. The zero-order valence-electron chi connectivity index (χ0n) is 9.26. The zero-order valence-corrected chi connectivity index (χ0v) is 10.9. The molecular formula is C11H13BrN2O3. The summed E-state index contributed by atoms with van der Waals surface area (Å²) in [5, 5.41) is 1.34. The number of hydrogen-bond acceptors (Lipinski definition) is 3. The van der Waals surface area contributed by atoms with E-state index < -0.39 is 0 Å². The van der Waals surface area contributed by atoms with Crippen LogP contribution >= 0.6 is 15.9 Å². The standard InChI is InChI=1S/C11H13BrN2O3/c12-9-3-4-10(15)13(7-9)8-11(16)14-5-1-2-6-17-14/h3-4,7H,1-2,5-6,8H2. The van der Waals surface area contributed by atoms with Gasteiger partial charge in [0.1, 0.15) is 6.54 Å². The van der Waals surface area contributed by atoms with Crippen LogP contribution in [0.2, 0.25) is 0 Å². The van der Waals surface area contributed by atoms with Crippen LogP contribution in [-0.4, -0.2) is 28.7 Å². The molecule has 1 aliphatic rings. The van der Waals surface area contributed by atoms with E-state index in [-0.39, 0.29) is 18.0 Å². The maximum atomic E-state index is 11.9. The van der Waals surface area contributed by atoms with Crippen LogP contribution in [0.4, 0.5) is 0 Å². The molecule has 0 saturated carbocycles. The van der Waals surface area contributed by atoms with E-state index in [9.17, 15) is 9.59 Å². The third-order valence-corrected chi connectivity index (χ3v) is 3.00. The first-order valence-electron chi connectivity index (χ1n) is 5.46.